The van der Waals surface area contributed by atoms with Crippen molar-refractivity contribution in [3.8, 4) is 5.82 Å². The Kier molecular flexibility index (Phi) is 3.96. The lowest BCUT2D eigenvalue weighted by molar-refractivity contribution is 0.847. The summed E-state index contributed by atoms with van der Waals surface area (Å²) in [5.41, 5.74) is 3.72. The predicted molar refractivity (Wildman–Crippen MR) is 84.5 cm³/mol. The summed E-state index contributed by atoms with van der Waals surface area (Å²) < 4.78 is 1.75. The van der Waals surface area contributed by atoms with Crippen LogP contribution >= 0.6 is 0 Å². The van der Waals surface area contributed by atoms with Crippen LogP contribution in [0.3, 0.4) is 0 Å². The number of nitrogens with zero attached hydrogens (tertiary/aromatic N) is 3. The van der Waals surface area contributed by atoms with Gasteiger partial charge in [-0.1, -0.05) is 31.2 Å². The van der Waals surface area contributed by atoms with E-state index in [1.54, 1.807) is 10.9 Å². The Balaban J connectivity index is 1.68. The third kappa shape index (κ3) is 3.11. The number of benzene rings is 1. The zero-order chi connectivity index (χ0) is 14.5. The molecular weight excluding hydrogens is 260 g/mol. The largest absolute Gasteiger partial charge is 0.380 e. The molecule has 0 saturated heterocycles. The molecule has 1 N–H and O–H groups in total. The lowest BCUT2D eigenvalue weighted by atomic mass is 10.1. The van der Waals surface area contributed by atoms with Crippen molar-refractivity contribution in [1.29, 1.82) is 0 Å². The maximum absolute atomic E-state index is 4.41. The van der Waals surface area contributed by atoms with Gasteiger partial charge >= 0.3 is 0 Å². The highest BCUT2D eigenvalue weighted by Crippen LogP contribution is 2.14. The molecular formula is C17H18N4. The minimum Gasteiger partial charge on any atom is -0.380 e. The molecule has 0 unspecified atom stereocenters. The zero-order valence-corrected chi connectivity index (χ0v) is 12.0. The van der Waals surface area contributed by atoms with Crippen LogP contribution in [0.2, 0.25) is 0 Å². The summed E-state index contributed by atoms with van der Waals surface area (Å²) in [7, 11) is 0. The first kappa shape index (κ1) is 13.4. The summed E-state index contributed by atoms with van der Waals surface area (Å²) >= 11 is 0. The molecule has 2 aromatic heterocycles. The molecule has 21 heavy (non-hydrogen) atoms. The van der Waals surface area contributed by atoms with E-state index >= 15 is 0 Å². The van der Waals surface area contributed by atoms with E-state index in [0.717, 1.165) is 24.5 Å². The second kappa shape index (κ2) is 6.22. The number of hydrogen-bond donors (Lipinski definition) is 1. The van der Waals surface area contributed by atoms with Crippen molar-refractivity contribution in [3.63, 3.8) is 0 Å². The SMILES string of the molecule is CCc1ccccc1CNc1ccc(-n2cccn2)nc1. The van der Waals surface area contributed by atoms with Crippen molar-refractivity contribution >= 4 is 5.69 Å². The Morgan fingerprint density at radius 3 is 2.57 bits per heavy atom. The van der Waals surface area contributed by atoms with Gasteiger partial charge in [-0.3, -0.25) is 0 Å². The quantitative estimate of drug-likeness (QED) is 0.777. The Bertz CT molecular complexity index is 687. The Labute approximate surface area is 124 Å². The average Bonchev–Trinajstić information content (AvgIpc) is 3.08. The number of anilines is 1. The molecule has 3 rings (SSSR count). The molecule has 4 heteroatoms. The molecule has 0 bridgehead atoms. The molecule has 0 radical (unpaired) electrons. The summed E-state index contributed by atoms with van der Waals surface area (Å²) in [5, 5.41) is 7.58. The van der Waals surface area contributed by atoms with Gasteiger partial charge in [-0.15, -0.1) is 0 Å². The molecule has 106 valence electrons. The minimum atomic E-state index is 0.812. The Morgan fingerprint density at radius 1 is 1.05 bits per heavy atom. The Hall–Kier alpha value is -2.62. The molecule has 0 amide bonds. The van der Waals surface area contributed by atoms with Gasteiger partial charge in [0, 0.05) is 18.9 Å². The van der Waals surface area contributed by atoms with Crippen molar-refractivity contribution in [2.24, 2.45) is 0 Å². The molecule has 1 aromatic carbocycles. The molecule has 0 aliphatic rings. The predicted octanol–water partition coefficient (Wildman–Crippen LogP) is 3.44. The van der Waals surface area contributed by atoms with Crippen molar-refractivity contribution in [3.05, 3.63) is 72.2 Å². The minimum absolute atomic E-state index is 0.812. The van der Waals surface area contributed by atoms with Crippen molar-refractivity contribution in [2.45, 2.75) is 19.9 Å². The Morgan fingerprint density at radius 2 is 1.90 bits per heavy atom. The molecule has 0 fully saturated rings. The number of aromatic nitrogens is 3. The number of rotatable bonds is 5. The maximum Gasteiger partial charge on any atom is 0.153 e. The molecule has 0 aliphatic carbocycles. The van der Waals surface area contributed by atoms with E-state index in [9.17, 15) is 0 Å². The van der Waals surface area contributed by atoms with E-state index in [4.69, 9.17) is 0 Å². The van der Waals surface area contributed by atoms with Crippen LogP contribution in [0.15, 0.2) is 61.1 Å². The van der Waals surface area contributed by atoms with Gasteiger partial charge in [0.05, 0.1) is 11.9 Å². The average molecular weight is 278 g/mol. The van der Waals surface area contributed by atoms with Crippen LogP contribution in [-0.4, -0.2) is 14.8 Å². The van der Waals surface area contributed by atoms with Crippen LogP contribution in [0.25, 0.3) is 5.82 Å². The van der Waals surface area contributed by atoms with E-state index in [1.165, 1.54) is 11.1 Å². The third-order valence-corrected chi connectivity index (χ3v) is 3.47. The highest BCUT2D eigenvalue weighted by Gasteiger charge is 2.01. The lowest BCUT2D eigenvalue weighted by Gasteiger charge is -2.10. The number of hydrogen-bond acceptors (Lipinski definition) is 3. The number of pyridine rings is 1. The van der Waals surface area contributed by atoms with Gasteiger partial charge in [0.2, 0.25) is 0 Å². The van der Waals surface area contributed by atoms with Crippen molar-refractivity contribution in [2.75, 3.05) is 5.32 Å². The summed E-state index contributed by atoms with van der Waals surface area (Å²) in [6.07, 6.45) is 6.52. The number of aryl methyl sites for hydroxylation is 1. The molecule has 0 atom stereocenters. The second-order valence-electron chi connectivity index (χ2n) is 4.83. The monoisotopic (exact) mass is 278 g/mol. The van der Waals surface area contributed by atoms with Gasteiger partial charge in [0.1, 0.15) is 0 Å². The molecule has 0 aliphatic heterocycles. The maximum atomic E-state index is 4.41. The van der Waals surface area contributed by atoms with Crippen molar-refractivity contribution < 1.29 is 0 Å². The van der Waals surface area contributed by atoms with E-state index < -0.39 is 0 Å². The highest BCUT2D eigenvalue weighted by atomic mass is 15.3. The summed E-state index contributed by atoms with van der Waals surface area (Å²) in [5.74, 6) is 0.819. The number of nitrogens with one attached hydrogen (secondary N) is 1. The van der Waals surface area contributed by atoms with Gasteiger partial charge in [0.25, 0.3) is 0 Å². The first-order valence-corrected chi connectivity index (χ1v) is 7.13. The van der Waals surface area contributed by atoms with Gasteiger partial charge in [0.15, 0.2) is 5.82 Å². The fraction of sp³-hybridized carbons (Fsp3) is 0.176. The van der Waals surface area contributed by atoms with Crippen LogP contribution in [0.5, 0.6) is 0 Å². The summed E-state index contributed by atoms with van der Waals surface area (Å²) in [4.78, 5) is 4.41. The van der Waals surface area contributed by atoms with Gasteiger partial charge in [-0.25, -0.2) is 9.67 Å². The van der Waals surface area contributed by atoms with Crippen LogP contribution in [0.1, 0.15) is 18.1 Å². The normalized spacial score (nSPS) is 10.5. The zero-order valence-electron chi connectivity index (χ0n) is 12.0. The van der Waals surface area contributed by atoms with E-state index in [1.807, 2.05) is 30.6 Å². The van der Waals surface area contributed by atoms with Gasteiger partial charge < -0.3 is 5.32 Å². The summed E-state index contributed by atoms with van der Waals surface area (Å²) in [6, 6.07) is 14.4. The molecule has 4 nitrogen and oxygen atoms in total. The first-order chi connectivity index (χ1) is 10.4. The van der Waals surface area contributed by atoms with Gasteiger partial charge in [-0.05, 0) is 35.7 Å². The van der Waals surface area contributed by atoms with Crippen molar-refractivity contribution in [1.82, 2.24) is 14.8 Å². The first-order valence-electron chi connectivity index (χ1n) is 7.13. The summed E-state index contributed by atoms with van der Waals surface area (Å²) in [6.45, 7) is 2.99. The van der Waals surface area contributed by atoms with E-state index in [2.05, 4.69) is 46.6 Å². The smallest absolute Gasteiger partial charge is 0.153 e. The topological polar surface area (TPSA) is 42.7 Å². The highest BCUT2D eigenvalue weighted by molar-refractivity contribution is 5.44. The molecule has 0 saturated carbocycles. The van der Waals surface area contributed by atoms with E-state index in [0.29, 0.717) is 0 Å². The van der Waals surface area contributed by atoms with Crippen LogP contribution in [0, 0.1) is 0 Å². The van der Waals surface area contributed by atoms with Crippen LogP contribution in [-0.2, 0) is 13.0 Å². The molecule has 2 heterocycles. The molecule has 0 spiro atoms. The van der Waals surface area contributed by atoms with Gasteiger partial charge in [-0.2, -0.15) is 5.10 Å². The fourth-order valence-electron chi connectivity index (χ4n) is 2.30. The third-order valence-electron chi connectivity index (χ3n) is 3.47. The van der Waals surface area contributed by atoms with Crippen LogP contribution < -0.4 is 5.32 Å². The second-order valence-corrected chi connectivity index (χ2v) is 4.83. The fourth-order valence-corrected chi connectivity index (χ4v) is 2.30. The lowest BCUT2D eigenvalue weighted by Crippen LogP contribution is -2.04. The molecule has 3 aromatic rings. The standard InChI is InChI=1S/C17H18N4/c1-2-14-6-3-4-7-15(14)12-18-16-8-9-17(19-13-16)21-11-5-10-20-21/h3-11,13,18H,2,12H2,1H3. The van der Waals surface area contributed by atoms with E-state index in [-0.39, 0.29) is 0 Å². The van der Waals surface area contributed by atoms with Crippen LogP contribution in [0.4, 0.5) is 5.69 Å².